The number of hydrogen-bond acceptors (Lipinski definition) is 5. The highest BCUT2D eigenvalue weighted by Gasteiger charge is 2.42. The van der Waals surface area contributed by atoms with Crippen molar-refractivity contribution in [3.8, 4) is 6.07 Å². The highest BCUT2D eigenvalue weighted by molar-refractivity contribution is 5.83. The number of aliphatic hydroxyl groups is 1. The number of ether oxygens (including phenoxy) is 1. The number of unbranched alkanes of at least 4 members (excludes halogenated alkanes) is 1. The summed E-state index contributed by atoms with van der Waals surface area (Å²) in [5.74, 6) is 0.504. The molecule has 1 aromatic carbocycles. The number of allylic oxidation sites excluding steroid dienone is 4. The number of rotatable bonds is 10. The Kier molecular flexibility index (Phi) is 19.5. The predicted octanol–water partition coefficient (Wildman–Crippen LogP) is 11.4. The molecule has 0 radical (unpaired) electrons. The lowest BCUT2D eigenvalue weighted by Crippen LogP contribution is -2.42. The maximum absolute atomic E-state index is 13.0. The molecule has 1 saturated carbocycles. The van der Waals surface area contributed by atoms with Gasteiger partial charge in [0, 0.05) is 18.8 Å². The summed E-state index contributed by atoms with van der Waals surface area (Å²) in [6, 6.07) is 7.79. The van der Waals surface area contributed by atoms with E-state index in [1.807, 2.05) is 52.8 Å². The van der Waals surface area contributed by atoms with E-state index >= 15 is 0 Å². The van der Waals surface area contributed by atoms with Crippen molar-refractivity contribution < 1.29 is 14.6 Å². The van der Waals surface area contributed by atoms with E-state index in [0.29, 0.717) is 5.82 Å². The number of amides is 1. The number of aryl methyl sites for hydroxylation is 2. The van der Waals surface area contributed by atoms with E-state index in [-0.39, 0.29) is 23.0 Å². The van der Waals surface area contributed by atoms with Gasteiger partial charge in [0.25, 0.3) is 0 Å². The van der Waals surface area contributed by atoms with Crippen molar-refractivity contribution in [2.24, 2.45) is 15.8 Å². The number of hydrogen-bond donors (Lipinski definition) is 1. The molecule has 1 N–H and O–H groups in total. The van der Waals surface area contributed by atoms with Crippen LogP contribution in [0.4, 0.5) is 4.79 Å². The van der Waals surface area contributed by atoms with E-state index in [9.17, 15) is 9.90 Å². The summed E-state index contributed by atoms with van der Waals surface area (Å²) in [6.07, 6.45) is 15.7. The van der Waals surface area contributed by atoms with E-state index < -0.39 is 5.60 Å². The molecular formula is C41H67N3O3. The molecule has 2 atom stereocenters. The van der Waals surface area contributed by atoms with E-state index in [2.05, 4.69) is 64.8 Å². The van der Waals surface area contributed by atoms with Crippen molar-refractivity contribution in [1.82, 2.24) is 4.90 Å². The Labute approximate surface area is 288 Å². The fourth-order valence-electron chi connectivity index (χ4n) is 6.24. The first kappa shape index (κ1) is 43.8. The first-order valence-electron chi connectivity index (χ1n) is 17.5. The number of carbonyl (C=O) groups excluding carboxylic acids is 1. The van der Waals surface area contributed by atoms with Crippen LogP contribution in [0.25, 0.3) is 0 Å². The van der Waals surface area contributed by atoms with Crippen LogP contribution >= 0.6 is 0 Å². The second-order valence-electron chi connectivity index (χ2n) is 14.6. The van der Waals surface area contributed by atoms with Crippen molar-refractivity contribution in [2.45, 2.75) is 153 Å². The van der Waals surface area contributed by atoms with E-state index in [4.69, 9.17) is 10.00 Å². The van der Waals surface area contributed by atoms with Gasteiger partial charge in [-0.1, -0.05) is 78.2 Å². The zero-order valence-corrected chi connectivity index (χ0v) is 32.4. The fourth-order valence-corrected chi connectivity index (χ4v) is 6.24. The van der Waals surface area contributed by atoms with E-state index in [0.717, 1.165) is 48.8 Å². The van der Waals surface area contributed by atoms with Gasteiger partial charge in [-0.3, -0.25) is 4.90 Å². The van der Waals surface area contributed by atoms with Gasteiger partial charge in [0.05, 0.1) is 17.2 Å². The van der Waals surface area contributed by atoms with Crippen LogP contribution in [0.5, 0.6) is 0 Å². The number of benzene rings is 1. The molecule has 0 spiro atoms. The molecule has 0 heterocycles. The fraction of sp³-hybridized carbons (Fsp3) is 0.634. The Morgan fingerprint density at radius 1 is 1.15 bits per heavy atom. The minimum Gasteiger partial charge on any atom is -0.446 e. The summed E-state index contributed by atoms with van der Waals surface area (Å²) >= 11 is 0. The van der Waals surface area contributed by atoms with Gasteiger partial charge in [0.1, 0.15) is 11.9 Å². The summed E-state index contributed by atoms with van der Waals surface area (Å²) in [4.78, 5) is 19.0. The van der Waals surface area contributed by atoms with Gasteiger partial charge in [-0.05, 0) is 127 Å². The summed E-state index contributed by atoms with van der Waals surface area (Å²) in [5, 5.41) is 19.0. The number of nitrogens with zero attached hydrogens (tertiary/aromatic N) is 3. The molecule has 1 fully saturated rings. The zero-order chi connectivity index (χ0) is 36.4. The van der Waals surface area contributed by atoms with Crippen molar-refractivity contribution in [3.05, 3.63) is 70.1 Å². The van der Waals surface area contributed by atoms with Gasteiger partial charge in [-0.15, -0.1) is 0 Å². The van der Waals surface area contributed by atoms with Crippen molar-refractivity contribution >= 4 is 12.3 Å². The minimum atomic E-state index is -1.00. The van der Waals surface area contributed by atoms with Gasteiger partial charge < -0.3 is 9.84 Å². The Morgan fingerprint density at radius 2 is 1.79 bits per heavy atom. The molecule has 6 nitrogen and oxygen atoms in total. The van der Waals surface area contributed by atoms with Crippen LogP contribution < -0.4 is 0 Å². The van der Waals surface area contributed by atoms with Crippen LogP contribution in [-0.4, -0.2) is 41.1 Å². The van der Waals surface area contributed by atoms with Crippen molar-refractivity contribution in [3.63, 3.8) is 0 Å². The highest BCUT2D eigenvalue weighted by atomic mass is 16.6. The molecule has 1 aliphatic rings. The quantitative estimate of drug-likeness (QED) is 0.202. The molecule has 1 aromatic rings. The predicted molar refractivity (Wildman–Crippen MR) is 201 cm³/mol. The lowest BCUT2D eigenvalue weighted by molar-refractivity contribution is -0.0303. The number of carbonyl (C=O) groups is 1. The van der Waals surface area contributed by atoms with Gasteiger partial charge in [0.2, 0.25) is 0 Å². The van der Waals surface area contributed by atoms with Crippen LogP contribution in [0.1, 0.15) is 144 Å². The third-order valence-corrected chi connectivity index (χ3v) is 8.77. The molecule has 2 unspecified atom stereocenters. The van der Waals surface area contributed by atoms with E-state index in [1.54, 1.807) is 33.2 Å². The topological polar surface area (TPSA) is 85.9 Å². The van der Waals surface area contributed by atoms with Gasteiger partial charge >= 0.3 is 6.09 Å². The largest absolute Gasteiger partial charge is 0.446 e. The maximum atomic E-state index is 13.0. The molecule has 264 valence electrons. The molecule has 0 aliphatic heterocycles. The average Bonchev–Trinajstić information content (AvgIpc) is 2.98. The lowest BCUT2D eigenvalue weighted by Gasteiger charge is -2.46. The number of nitriles is 1. The van der Waals surface area contributed by atoms with Gasteiger partial charge in [-0.25, -0.2) is 9.79 Å². The zero-order valence-electron chi connectivity index (χ0n) is 32.4. The first-order valence-corrected chi connectivity index (χ1v) is 17.5. The van der Waals surface area contributed by atoms with Crippen LogP contribution in [0.3, 0.4) is 0 Å². The highest BCUT2D eigenvalue weighted by Crippen LogP contribution is 2.49. The second-order valence-corrected chi connectivity index (χ2v) is 14.6. The molecule has 0 saturated heterocycles. The third-order valence-electron chi connectivity index (χ3n) is 8.77. The molecular weight excluding hydrogens is 582 g/mol. The summed E-state index contributed by atoms with van der Waals surface area (Å²) in [5.41, 5.74) is 4.34. The monoisotopic (exact) mass is 650 g/mol. The molecule has 47 heavy (non-hydrogen) atoms. The van der Waals surface area contributed by atoms with Crippen molar-refractivity contribution in [2.75, 3.05) is 7.05 Å². The van der Waals surface area contributed by atoms with E-state index in [1.165, 1.54) is 35.3 Å². The smallest absolute Gasteiger partial charge is 0.415 e. The van der Waals surface area contributed by atoms with Crippen LogP contribution in [-0.2, 0) is 4.74 Å². The van der Waals surface area contributed by atoms with Crippen LogP contribution in [0.15, 0.2) is 58.4 Å². The molecule has 1 aliphatic carbocycles. The molecule has 1 amide bonds. The third kappa shape index (κ3) is 16.5. The first-order chi connectivity index (χ1) is 21.8. The second kappa shape index (κ2) is 20.9. The molecule has 0 bridgehead atoms. The maximum Gasteiger partial charge on any atom is 0.415 e. The average molecular weight is 650 g/mol. The summed E-state index contributed by atoms with van der Waals surface area (Å²) in [7, 11) is 1.69. The number of aliphatic imine (C=N–C) groups is 1. The Bertz CT molecular complexity index is 1270. The van der Waals surface area contributed by atoms with Crippen LogP contribution in [0.2, 0.25) is 0 Å². The minimum absolute atomic E-state index is 0.0909. The van der Waals surface area contributed by atoms with Crippen LogP contribution in [0, 0.1) is 36.0 Å². The molecule has 6 heteroatoms. The lowest BCUT2D eigenvalue weighted by atomic mass is 9.62. The standard InChI is InChI=1S/C27H48N2O3.C9H9N.C5H10/c1-11-14-15-27(9)17-21(16-25(5,6)19-27)32-24(30)29(10)23(13-3)28-18-22(20(4)12-2)26(7,8)31;1-7-3-4-9(6-10)5-8(7)2;1-3-5-4-2/h13,18,21,31H,11-12,14-17,19H2,1-10H3;3-5H,1-2H3;3,5H,4H2,1-2H3/b22-20?,23-13+,28-18-;;5-3-. The molecule has 0 aromatic heterocycles. The van der Waals surface area contributed by atoms with Gasteiger partial charge in [0.15, 0.2) is 0 Å². The SMILES string of the molecule is C/C=C(\N=C/C(=C(C)CC)C(C)(C)O)N(C)C(=O)OC1CC(C)(C)CC(C)(CCCC)C1.C/C=C\CC.Cc1ccc(C#N)cc1C. The summed E-state index contributed by atoms with van der Waals surface area (Å²) in [6.45, 7) is 26.7. The Balaban J connectivity index is 0.00000115. The van der Waals surface area contributed by atoms with Crippen molar-refractivity contribution in [1.29, 1.82) is 5.26 Å². The summed E-state index contributed by atoms with van der Waals surface area (Å²) < 4.78 is 6.00. The molecule has 2 rings (SSSR count). The van der Waals surface area contributed by atoms with Gasteiger partial charge in [-0.2, -0.15) is 5.26 Å². The normalized spacial score (nSPS) is 20.0. The Morgan fingerprint density at radius 3 is 2.23 bits per heavy atom. The Hall–Kier alpha value is -3.17.